The Hall–Kier alpha value is -0.870. The second kappa shape index (κ2) is 6.34. The Bertz CT molecular complexity index is 461. The molecule has 1 aromatic carbocycles. The molecule has 0 aromatic heterocycles. The van der Waals surface area contributed by atoms with Gasteiger partial charge < -0.3 is 0 Å². The summed E-state index contributed by atoms with van der Waals surface area (Å²) >= 11 is 0. The molecule has 1 aromatic rings. The highest BCUT2D eigenvalue weighted by atomic mass is 32.2. The summed E-state index contributed by atoms with van der Waals surface area (Å²) in [6, 6.07) is 7.10. The van der Waals surface area contributed by atoms with E-state index in [4.69, 9.17) is 0 Å². The molecule has 0 amide bonds. The van der Waals surface area contributed by atoms with Gasteiger partial charge in [-0.1, -0.05) is 39.8 Å². The second-order valence-electron chi connectivity index (χ2n) is 5.30. The molecule has 0 aliphatic carbocycles. The molecule has 0 aliphatic heterocycles. The second-order valence-corrected chi connectivity index (χ2v) is 7.07. The lowest BCUT2D eigenvalue weighted by atomic mass is 10.0. The van der Waals surface area contributed by atoms with Gasteiger partial charge in [-0.05, 0) is 36.0 Å². The quantitative estimate of drug-likeness (QED) is 0.862. The first-order valence-electron chi connectivity index (χ1n) is 6.42. The first-order valence-corrected chi connectivity index (χ1v) is 7.91. The Labute approximate surface area is 111 Å². The van der Waals surface area contributed by atoms with E-state index >= 15 is 0 Å². The summed E-state index contributed by atoms with van der Waals surface area (Å²) in [6.45, 7) is 8.82. The van der Waals surface area contributed by atoms with E-state index in [2.05, 4.69) is 32.4 Å². The monoisotopic (exact) mass is 269 g/mol. The Balaban J connectivity index is 2.73. The van der Waals surface area contributed by atoms with E-state index in [9.17, 15) is 8.42 Å². The van der Waals surface area contributed by atoms with Crippen LogP contribution < -0.4 is 4.72 Å². The van der Waals surface area contributed by atoms with Crippen molar-refractivity contribution in [3.05, 3.63) is 29.8 Å². The third-order valence-electron chi connectivity index (χ3n) is 2.87. The average Bonchev–Trinajstić information content (AvgIpc) is 2.28. The van der Waals surface area contributed by atoms with Gasteiger partial charge in [0.15, 0.2) is 0 Å². The maximum Gasteiger partial charge on any atom is 0.240 e. The Morgan fingerprint density at radius 3 is 2.06 bits per heavy atom. The molecule has 0 radical (unpaired) electrons. The van der Waals surface area contributed by atoms with E-state index in [1.54, 1.807) is 12.1 Å². The lowest BCUT2D eigenvalue weighted by Gasteiger charge is -2.10. The van der Waals surface area contributed by atoms with Gasteiger partial charge in [-0.15, -0.1) is 0 Å². The number of benzene rings is 1. The predicted molar refractivity (Wildman–Crippen MR) is 75.2 cm³/mol. The fourth-order valence-electron chi connectivity index (χ4n) is 1.60. The third kappa shape index (κ3) is 4.42. The van der Waals surface area contributed by atoms with Crippen molar-refractivity contribution in [3.8, 4) is 0 Å². The third-order valence-corrected chi connectivity index (χ3v) is 4.35. The molecule has 1 rings (SSSR count). The molecule has 0 aliphatic rings. The number of hydrogen-bond donors (Lipinski definition) is 1. The number of hydrogen-bond acceptors (Lipinski definition) is 2. The van der Waals surface area contributed by atoms with E-state index in [-0.39, 0.29) is 0 Å². The minimum Gasteiger partial charge on any atom is -0.211 e. The van der Waals surface area contributed by atoms with Crippen LogP contribution in [0.1, 0.15) is 45.6 Å². The molecule has 1 N–H and O–H groups in total. The van der Waals surface area contributed by atoms with Gasteiger partial charge in [0.1, 0.15) is 0 Å². The smallest absolute Gasteiger partial charge is 0.211 e. The van der Waals surface area contributed by atoms with E-state index in [1.807, 2.05) is 12.1 Å². The number of nitrogens with one attached hydrogen (secondary N) is 1. The molecular weight excluding hydrogens is 246 g/mol. The zero-order valence-corrected chi connectivity index (χ0v) is 12.4. The molecule has 0 saturated heterocycles. The van der Waals surface area contributed by atoms with E-state index in [0.29, 0.717) is 23.3 Å². The van der Waals surface area contributed by atoms with Gasteiger partial charge in [-0.25, -0.2) is 13.1 Å². The summed E-state index contributed by atoms with van der Waals surface area (Å²) in [6.07, 6.45) is 0.851. The molecule has 4 heteroatoms. The van der Waals surface area contributed by atoms with Crippen LogP contribution in [0, 0.1) is 5.92 Å². The summed E-state index contributed by atoms with van der Waals surface area (Å²) in [5.74, 6) is 0.909. The van der Waals surface area contributed by atoms with Crippen molar-refractivity contribution in [1.29, 1.82) is 0 Å². The zero-order chi connectivity index (χ0) is 13.8. The molecule has 0 fully saturated rings. The SMILES string of the molecule is CC(C)CCNS(=O)(=O)c1ccc(C(C)C)cc1. The van der Waals surface area contributed by atoms with Crippen molar-refractivity contribution < 1.29 is 8.42 Å². The standard InChI is InChI=1S/C14H23NO2S/c1-11(2)9-10-15-18(16,17)14-7-5-13(6-8-14)12(3)4/h5-8,11-12,15H,9-10H2,1-4H3. The fraction of sp³-hybridized carbons (Fsp3) is 0.571. The normalized spacial score (nSPS) is 12.3. The molecule has 0 spiro atoms. The highest BCUT2D eigenvalue weighted by molar-refractivity contribution is 7.89. The molecule has 18 heavy (non-hydrogen) atoms. The Morgan fingerprint density at radius 1 is 1.06 bits per heavy atom. The van der Waals surface area contributed by atoms with Gasteiger partial charge in [-0.3, -0.25) is 0 Å². The molecule has 102 valence electrons. The van der Waals surface area contributed by atoms with Gasteiger partial charge in [-0.2, -0.15) is 0 Å². The highest BCUT2D eigenvalue weighted by Gasteiger charge is 2.13. The minimum atomic E-state index is -3.35. The van der Waals surface area contributed by atoms with Crippen molar-refractivity contribution in [2.45, 2.75) is 44.9 Å². The highest BCUT2D eigenvalue weighted by Crippen LogP contribution is 2.17. The van der Waals surface area contributed by atoms with Crippen molar-refractivity contribution in [3.63, 3.8) is 0 Å². The molecule has 0 atom stereocenters. The van der Waals surface area contributed by atoms with Crippen LogP contribution >= 0.6 is 0 Å². The largest absolute Gasteiger partial charge is 0.240 e. The topological polar surface area (TPSA) is 46.2 Å². The van der Waals surface area contributed by atoms with Crippen molar-refractivity contribution in [2.75, 3.05) is 6.54 Å². The van der Waals surface area contributed by atoms with Crippen LogP contribution in [0.15, 0.2) is 29.2 Å². The van der Waals surface area contributed by atoms with Gasteiger partial charge >= 0.3 is 0 Å². The van der Waals surface area contributed by atoms with Crippen molar-refractivity contribution in [1.82, 2.24) is 4.72 Å². The Kier molecular flexibility index (Phi) is 5.35. The minimum absolute atomic E-state index is 0.343. The van der Waals surface area contributed by atoms with Gasteiger partial charge in [0.2, 0.25) is 10.0 Å². The van der Waals surface area contributed by atoms with Gasteiger partial charge in [0.25, 0.3) is 0 Å². The number of rotatable bonds is 6. The van der Waals surface area contributed by atoms with Crippen LogP contribution in [-0.4, -0.2) is 15.0 Å². The van der Waals surface area contributed by atoms with E-state index in [0.717, 1.165) is 12.0 Å². The maximum absolute atomic E-state index is 12.0. The number of sulfonamides is 1. The maximum atomic E-state index is 12.0. The lowest BCUT2D eigenvalue weighted by Crippen LogP contribution is -2.25. The fourth-order valence-corrected chi connectivity index (χ4v) is 2.64. The van der Waals surface area contributed by atoms with E-state index in [1.165, 1.54) is 0 Å². The van der Waals surface area contributed by atoms with Crippen LogP contribution in [-0.2, 0) is 10.0 Å². The average molecular weight is 269 g/mol. The van der Waals surface area contributed by atoms with Crippen molar-refractivity contribution >= 4 is 10.0 Å². The molecule has 0 unspecified atom stereocenters. The summed E-state index contributed by atoms with van der Waals surface area (Å²) in [5.41, 5.74) is 1.15. The summed E-state index contributed by atoms with van der Waals surface area (Å²) in [4.78, 5) is 0.343. The predicted octanol–water partition coefficient (Wildman–Crippen LogP) is 3.13. The summed E-state index contributed by atoms with van der Waals surface area (Å²) < 4.78 is 26.6. The first kappa shape index (κ1) is 15.2. The van der Waals surface area contributed by atoms with Gasteiger partial charge in [0, 0.05) is 6.54 Å². The molecule has 0 saturated carbocycles. The van der Waals surface area contributed by atoms with Crippen molar-refractivity contribution in [2.24, 2.45) is 5.92 Å². The van der Waals surface area contributed by atoms with Crippen LogP contribution in [0.25, 0.3) is 0 Å². The molecule has 0 bridgehead atoms. The lowest BCUT2D eigenvalue weighted by molar-refractivity contribution is 0.551. The van der Waals surface area contributed by atoms with E-state index < -0.39 is 10.0 Å². The zero-order valence-electron chi connectivity index (χ0n) is 11.6. The molecular formula is C14H23NO2S. The van der Waals surface area contributed by atoms with Crippen LogP contribution in [0.5, 0.6) is 0 Å². The van der Waals surface area contributed by atoms with Crippen LogP contribution in [0.3, 0.4) is 0 Å². The summed E-state index contributed by atoms with van der Waals surface area (Å²) in [7, 11) is -3.35. The summed E-state index contributed by atoms with van der Waals surface area (Å²) in [5, 5.41) is 0. The van der Waals surface area contributed by atoms with Crippen LogP contribution in [0.2, 0.25) is 0 Å². The molecule has 3 nitrogen and oxygen atoms in total. The first-order chi connectivity index (χ1) is 8.33. The Morgan fingerprint density at radius 2 is 1.61 bits per heavy atom. The molecule has 0 heterocycles. The van der Waals surface area contributed by atoms with Crippen LogP contribution in [0.4, 0.5) is 0 Å². The van der Waals surface area contributed by atoms with Gasteiger partial charge in [0.05, 0.1) is 4.90 Å².